The van der Waals surface area contributed by atoms with Crippen molar-refractivity contribution >= 4 is 22.6 Å². The van der Waals surface area contributed by atoms with Crippen molar-refractivity contribution in [2.45, 2.75) is 19.8 Å². The monoisotopic (exact) mass is 223 g/mol. The van der Waals surface area contributed by atoms with E-state index in [0.717, 1.165) is 27.3 Å². The Morgan fingerprint density at radius 1 is 1.47 bits per heavy atom. The minimum absolute atomic E-state index is 0.275. The highest BCUT2D eigenvalue weighted by molar-refractivity contribution is 6.36. The van der Waals surface area contributed by atoms with Crippen molar-refractivity contribution in [3.05, 3.63) is 34.5 Å². The maximum absolute atomic E-state index is 6.31. The fourth-order valence-electron chi connectivity index (χ4n) is 1.73. The van der Waals surface area contributed by atoms with E-state index >= 15 is 0 Å². The highest BCUT2D eigenvalue weighted by Crippen LogP contribution is 2.33. The van der Waals surface area contributed by atoms with Crippen molar-refractivity contribution in [1.29, 1.82) is 0 Å². The van der Waals surface area contributed by atoms with Crippen LogP contribution in [0, 0.1) is 6.92 Å². The van der Waals surface area contributed by atoms with E-state index in [1.54, 1.807) is 0 Å². The molecule has 0 aliphatic rings. The van der Waals surface area contributed by atoms with Gasteiger partial charge in [0.05, 0.1) is 5.02 Å². The first-order valence-corrected chi connectivity index (χ1v) is 5.40. The largest absolute Gasteiger partial charge is 0.461 e. The van der Waals surface area contributed by atoms with Gasteiger partial charge in [0, 0.05) is 5.39 Å². The van der Waals surface area contributed by atoms with E-state index in [0.29, 0.717) is 6.54 Å². The van der Waals surface area contributed by atoms with Gasteiger partial charge in [-0.1, -0.05) is 24.6 Å². The molecule has 0 saturated heterocycles. The number of aryl methyl sites for hydroxylation is 1. The fourth-order valence-corrected chi connectivity index (χ4v) is 2.13. The lowest BCUT2D eigenvalue weighted by atomic mass is 10.00. The second-order valence-corrected chi connectivity index (χ2v) is 4.25. The van der Waals surface area contributed by atoms with Gasteiger partial charge in [-0.25, -0.2) is 0 Å². The summed E-state index contributed by atoms with van der Waals surface area (Å²) in [6.45, 7) is 4.59. The van der Waals surface area contributed by atoms with Crippen LogP contribution in [0.2, 0.25) is 5.02 Å². The summed E-state index contributed by atoms with van der Waals surface area (Å²) >= 11 is 6.31. The Morgan fingerprint density at radius 3 is 2.87 bits per heavy atom. The quantitative estimate of drug-likeness (QED) is 0.847. The van der Waals surface area contributed by atoms with Crippen LogP contribution < -0.4 is 5.73 Å². The number of hydrogen-bond acceptors (Lipinski definition) is 2. The van der Waals surface area contributed by atoms with Crippen LogP contribution in [0.1, 0.15) is 24.2 Å². The van der Waals surface area contributed by atoms with E-state index < -0.39 is 0 Å². The predicted octanol–water partition coefficient (Wildman–Crippen LogP) is 3.46. The van der Waals surface area contributed by atoms with E-state index in [9.17, 15) is 0 Å². The zero-order valence-corrected chi connectivity index (χ0v) is 9.64. The molecule has 1 heterocycles. The average molecular weight is 224 g/mol. The van der Waals surface area contributed by atoms with Crippen LogP contribution in [0.3, 0.4) is 0 Å². The third kappa shape index (κ3) is 1.75. The van der Waals surface area contributed by atoms with E-state index in [-0.39, 0.29) is 5.92 Å². The fraction of sp³-hybridized carbons (Fsp3) is 0.333. The van der Waals surface area contributed by atoms with Crippen molar-refractivity contribution in [3.63, 3.8) is 0 Å². The zero-order valence-electron chi connectivity index (χ0n) is 8.88. The molecule has 3 heteroatoms. The Balaban J connectivity index is 2.64. The van der Waals surface area contributed by atoms with Crippen molar-refractivity contribution in [2.75, 3.05) is 6.54 Å². The molecule has 2 rings (SSSR count). The molecule has 2 aromatic rings. The Hall–Kier alpha value is -0.990. The van der Waals surface area contributed by atoms with Crippen molar-refractivity contribution in [1.82, 2.24) is 0 Å². The number of halogens is 1. The summed E-state index contributed by atoms with van der Waals surface area (Å²) in [6, 6.07) is 5.91. The molecule has 0 aliphatic carbocycles. The molecular formula is C12H14ClNO. The molecule has 15 heavy (non-hydrogen) atoms. The Bertz CT molecular complexity index is 490. The van der Waals surface area contributed by atoms with Gasteiger partial charge >= 0.3 is 0 Å². The lowest BCUT2D eigenvalue weighted by Gasteiger charge is -2.10. The maximum atomic E-state index is 6.31. The summed E-state index contributed by atoms with van der Waals surface area (Å²) in [5, 5.41) is 1.74. The van der Waals surface area contributed by atoms with Gasteiger partial charge in [0.2, 0.25) is 0 Å². The van der Waals surface area contributed by atoms with Gasteiger partial charge in [0.25, 0.3) is 0 Å². The van der Waals surface area contributed by atoms with Gasteiger partial charge in [0.1, 0.15) is 11.3 Å². The van der Waals surface area contributed by atoms with Gasteiger partial charge in [-0.3, -0.25) is 0 Å². The first-order chi connectivity index (χ1) is 7.13. The van der Waals surface area contributed by atoms with Crippen LogP contribution in [-0.2, 0) is 0 Å². The molecule has 1 atom stereocenters. The molecule has 2 N–H and O–H groups in total. The summed E-state index contributed by atoms with van der Waals surface area (Å²) in [5.74, 6) is 1.15. The van der Waals surface area contributed by atoms with Gasteiger partial charge in [0.15, 0.2) is 0 Å². The SMILES string of the molecule is Cc1cc2c(Cl)c(C(C)CN)ccc2o1. The molecule has 1 aromatic heterocycles. The highest BCUT2D eigenvalue weighted by atomic mass is 35.5. The molecule has 0 saturated carbocycles. The second-order valence-electron chi connectivity index (χ2n) is 3.87. The molecule has 0 radical (unpaired) electrons. The number of furan rings is 1. The van der Waals surface area contributed by atoms with E-state index in [1.807, 2.05) is 25.1 Å². The van der Waals surface area contributed by atoms with Crippen molar-refractivity contribution in [3.8, 4) is 0 Å². The molecule has 1 aromatic carbocycles. The van der Waals surface area contributed by atoms with E-state index in [2.05, 4.69) is 6.92 Å². The van der Waals surface area contributed by atoms with Crippen LogP contribution in [0.4, 0.5) is 0 Å². The Kier molecular flexibility index (Phi) is 2.72. The molecule has 1 unspecified atom stereocenters. The first-order valence-electron chi connectivity index (χ1n) is 5.02. The van der Waals surface area contributed by atoms with Crippen molar-refractivity contribution < 1.29 is 4.42 Å². The molecular weight excluding hydrogens is 210 g/mol. The van der Waals surface area contributed by atoms with Gasteiger partial charge in [-0.2, -0.15) is 0 Å². The maximum Gasteiger partial charge on any atom is 0.135 e. The number of rotatable bonds is 2. The van der Waals surface area contributed by atoms with Gasteiger partial charge < -0.3 is 10.2 Å². The minimum atomic E-state index is 0.275. The summed E-state index contributed by atoms with van der Waals surface area (Å²) < 4.78 is 5.50. The number of benzene rings is 1. The summed E-state index contributed by atoms with van der Waals surface area (Å²) in [7, 11) is 0. The number of nitrogens with two attached hydrogens (primary N) is 1. The Labute approximate surface area is 94.0 Å². The average Bonchev–Trinajstić information content (AvgIpc) is 2.59. The van der Waals surface area contributed by atoms with Crippen LogP contribution in [-0.4, -0.2) is 6.54 Å². The lowest BCUT2D eigenvalue weighted by Crippen LogP contribution is -2.09. The van der Waals surface area contributed by atoms with E-state index in [1.165, 1.54) is 0 Å². The molecule has 0 aliphatic heterocycles. The zero-order chi connectivity index (χ0) is 11.0. The molecule has 0 spiro atoms. The summed E-state index contributed by atoms with van der Waals surface area (Å²) in [6.07, 6.45) is 0. The minimum Gasteiger partial charge on any atom is -0.461 e. The molecule has 80 valence electrons. The molecule has 0 amide bonds. The number of hydrogen-bond donors (Lipinski definition) is 1. The normalized spacial score (nSPS) is 13.3. The van der Waals surface area contributed by atoms with E-state index in [4.69, 9.17) is 21.8 Å². The van der Waals surface area contributed by atoms with Gasteiger partial charge in [-0.05, 0) is 37.1 Å². The van der Waals surface area contributed by atoms with Gasteiger partial charge in [-0.15, -0.1) is 0 Å². The van der Waals surface area contributed by atoms with Crippen LogP contribution in [0.25, 0.3) is 11.0 Å². The first kappa shape index (κ1) is 10.5. The molecule has 0 fully saturated rings. The summed E-state index contributed by atoms with van der Waals surface area (Å²) in [5.41, 5.74) is 7.57. The predicted molar refractivity (Wildman–Crippen MR) is 63.4 cm³/mol. The standard InChI is InChI=1S/C12H14ClNO/c1-7(6-14)9-3-4-11-10(12(9)13)5-8(2)15-11/h3-5,7H,6,14H2,1-2H3. The Morgan fingerprint density at radius 2 is 2.20 bits per heavy atom. The second kappa shape index (κ2) is 3.87. The summed E-state index contributed by atoms with van der Waals surface area (Å²) in [4.78, 5) is 0. The third-order valence-electron chi connectivity index (χ3n) is 2.67. The smallest absolute Gasteiger partial charge is 0.135 e. The number of fused-ring (bicyclic) bond motifs is 1. The van der Waals surface area contributed by atoms with Crippen LogP contribution in [0.5, 0.6) is 0 Å². The van der Waals surface area contributed by atoms with Crippen molar-refractivity contribution in [2.24, 2.45) is 5.73 Å². The lowest BCUT2D eigenvalue weighted by molar-refractivity contribution is 0.578. The van der Waals surface area contributed by atoms with Crippen LogP contribution >= 0.6 is 11.6 Å². The molecule has 2 nitrogen and oxygen atoms in total. The topological polar surface area (TPSA) is 39.2 Å². The third-order valence-corrected chi connectivity index (χ3v) is 3.09. The van der Waals surface area contributed by atoms with Crippen LogP contribution in [0.15, 0.2) is 22.6 Å². The highest BCUT2D eigenvalue weighted by Gasteiger charge is 2.13. The molecule has 0 bridgehead atoms.